The van der Waals surface area contributed by atoms with Gasteiger partial charge >= 0.3 is 0 Å². The minimum Gasteiger partial charge on any atom is -0.337 e. The molecule has 2 rings (SSSR count). The Kier molecular flexibility index (Phi) is 3.63. The number of hydrogen-bond donors (Lipinski definition) is 0. The van der Waals surface area contributed by atoms with E-state index in [0.717, 1.165) is 8.45 Å². The standard InChI is InChI=1S/C11H12INO2S/c1-7-5-13(3-2-9(7)14)11(15)8-4-10(12)16-6-8/h4,6-7H,2-3,5H2,1H3. The fourth-order valence-electron chi connectivity index (χ4n) is 1.80. The van der Waals surface area contributed by atoms with Gasteiger partial charge in [0.15, 0.2) is 0 Å². The Labute approximate surface area is 112 Å². The van der Waals surface area contributed by atoms with Crippen LogP contribution in [0.5, 0.6) is 0 Å². The van der Waals surface area contributed by atoms with Gasteiger partial charge in [0.25, 0.3) is 5.91 Å². The number of Topliss-reactive ketones (excluding diaryl/α,β-unsaturated/α-hetero) is 1. The predicted octanol–water partition coefficient (Wildman–Crippen LogP) is 2.40. The summed E-state index contributed by atoms with van der Waals surface area (Å²) in [7, 11) is 0. The molecule has 0 aliphatic carbocycles. The molecule has 1 fully saturated rings. The third-order valence-electron chi connectivity index (χ3n) is 2.77. The van der Waals surface area contributed by atoms with Gasteiger partial charge in [-0.05, 0) is 28.7 Å². The topological polar surface area (TPSA) is 37.4 Å². The first-order valence-corrected chi connectivity index (χ1v) is 7.10. The molecule has 1 aromatic heterocycles. The minimum absolute atomic E-state index is 0.0181. The van der Waals surface area contributed by atoms with E-state index >= 15 is 0 Å². The summed E-state index contributed by atoms with van der Waals surface area (Å²) in [6, 6.07) is 1.90. The summed E-state index contributed by atoms with van der Waals surface area (Å²) in [4.78, 5) is 25.2. The minimum atomic E-state index is -0.0181. The Balaban J connectivity index is 2.08. The molecule has 0 radical (unpaired) electrons. The fraction of sp³-hybridized carbons (Fsp3) is 0.455. The molecule has 2 heterocycles. The zero-order chi connectivity index (χ0) is 11.7. The lowest BCUT2D eigenvalue weighted by molar-refractivity contribution is -0.124. The molecule has 3 nitrogen and oxygen atoms in total. The van der Waals surface area contributed by atoms with E-state index in [2.05, 4.69) is 22.6 Å². The van der Waals surface area contributed by atoms with E-state index in [0.29, 0.717) is 19.5 Å². The number of thiophene rings is 1. The molecule has 1 aliphatic rings. The normalized spacial score (nSPS) is 21.2. The van der Waals surface area contributed by atoms with Gasteiger partial charge in [0, 0.05) is 30.8 Å². The number of rotatable bonds is 1. The second-order valence-electron chi connectivity index (χ2n) is 4.01. The van der Waals surface area contributed by atoms with Gasteiger partial charge in [-0.15, -0.1) is 11.3 Å². The van der Waals surface area contributed by atoms with Crippen LogP contribution < -0.4 is 0 Å². The quantitative estimate of drug-likeness (QED) is 0.731. The van der Waals surface area contributed by atoms with Gasteiger partial charge < -0.3 is 4.90 Å². The monoisotopic (exact) mass is 349 g/mol. The molecule has 0 bridgehead atoms. The molecule has 1 unspecified atom stereocenters. The average Bonchev–Trinajstić information content (AvgIpc) is 2.68. The molecule has 0 saturated carbocycles. The molecule has 5 heteroatoms. The van der Waals surface area contributed by atoms with E-state index in [1.165, 1.54) is 0 Å². The molecule has 1 saturated heterocycles. The van der Waals surface area contributed by atoms with Crippen molar-refractivity contribution in [3.05, 3.63) is 19.9 Å². The van der Waals surface area contributed by atoms with Crippen molar-refractivity contribution in [1.82, 2.24) is 4.90 Å². The molecule has 0 aromatic carbocycles. The van der Waals surface area contributed by atoms with Crippen molar-refractivity contribution < 1.29 is 9.59 Å². The Morgan fingerprint density at radius 1 is 1.62 bits per heavy atom. The van der Waals surface area contributed by atoms with Crippen LogP contribution in [-0.4, -0.2) is 29.7 Å². The predicted molar refractivity (Wildman–Crippen MR) is 71.7 cm³/mol. The molecule has 1 amide bonds. The Morgan fingerprint density at radius 2 is 2.38 bits per heavy atom. The van der Waals surface area contributed by atoms with Crippen LogP contribution in [0.4, 0.5) is 0 Å². The number of nitrogens with zero attached hydrogens (tertiary/aromatic N) is 1. The number of amides is 1. The molecular formula is C11H12INO2S. The summed E-state index contributed by atoms with van der Waals surface area (Å²) in [5.41, 5.74) is 0.746. The summed E-state index contributed by atoms with van der Waals surface area (Å²) in [5, 5.41) is 1.88. The highest BCUT2D eigenvalue weighted by Gasteiger charge is 2.27. The van der Waals surface area contributed by atoms with E-state index in [1.807, 2.05) is 18.4 Å². The lowest BCUT2D eigenvalue weighted by Gasteiger charge is -2.29. The van der Waals surface area contributed by atoms with Gasteiger partial charge in [-0.25, -0.2) is 0 Å². The first kappa shape index (κ1) is 12.0. The molecule has 1 atom stereocenters. The lowest BCUT2D eigenvalue weighted by Crippen LogP contribution is -2.43. The maximum Gasteiger partial charge on any atom is 0.254 e. The van der Waals surface area contributed by atoms with Crippen molar-refractivity contribution >= 4 is 45.6 Å². The summed E-state index contributed by atoms with van der Waals surface area (Å²) >= 11 is 3.78. The van der Waals surface area contributed by atoms with Crippen molar-refractivity contribution in [2.75, 3.05) is 13.1 Å². The smallest absolute Gasteiger partial charge is 0.254 e. The van der Waals surface area contributed by atoms with Gasteiger partial charge in [-0.2, -0.15) is 0 Å². The number of piperidine rings is 1. The van der Waals surface area contributed by atoms with Crippen LogP contribution in [-0.2, 0) is 4.79 Å². The van der Waals surface area contributed by atoms with Crippen LogP contribution in [0.25, 0.3) is 0 Å². The summed E-state index contributed by atoms with van der Waals surface area (Å²) in [5.74, 6) is 0.304. The maximum atomic E-state index is 12.1. The largest absolute Gasteiger partial charge is 0.337 e. The van der Waals surface area contributed by atoms with Gasteiger partial charge in [0.05, 0.1) is 8.45 Å². The zero-order valence-electron chi connectivity index (χ0n) is 8.90. The molecule has 1 aromatic rings. The molecule has 0 N–H and O–H groups in total. The zero-order valence-corrected chi connectivity index (χ0v) is 11.9. The van der Waals surface area contributed by atoms with Crippen molar-refractivity contribution in [1.29, 1.82) is 0 Å². The molecule has 16 heavy (non-hydrogen) atoms. The van der Waals surface area contributed by atoms with Gasteiger partial charge in [0.2, 0.25) is 0 Å². The van der Waals surface area contributed by atoms with E-state index in [-0.39, 0.29) is 17.6 Å². The highest BCUT2D eigenvalue weighted by atomic mass is 127. The molecule has 86 valence electrons. The Morgan fingerprint density at radius 3 is 2.94 bits per heavy atom. The van der Waals surface area contributed by atoms with Gasteiger partial charge in [0.1, 0.15) is 5.78 Å². The Hall–Kier alpha value is -0.430. The number of hydrogen-bond acceptors (Lipinski definition) is 3. The van der Waals surface area contributed by atoms with Crippen LogP contribution in [0.15, 0.2) is 11.4 Å². The number of halogens is 1. The number of carbonyl (C=O) groups is 2. The average molecular weight is 349 g/mol. The highest BCUT2D eigenvalue weighted by Crippen LogP contribution is 2.20. The van der Waals surface area contributed by atoms with Crippen LogP contribution in [0.3, 0.4) is 0 Å². The first-order valence-electron chi connectivity index (χ1n) is 5.14. The third-order valence-corrected chi connectivity index (χ3v) is 4.56. The molecular weight excluding hydrogens is 337 g/mol. The van der Waals surface area contributed by atoms with Crippen molar-refractivity contribution in [2.24, 2.45) is 5.92 Å². The van der Waals surface area contributed by atoms with Gasteiger partial charge in [-0.1, -0.05) is 6.92 Å². The molecule has 1 aliphatic heterocycles. The third kappa shape index (κ3) is 2.45. The van der Waals surface area contributed by atoms with Crippen LogP contribution in [0, 0.1) is 8.80 Å². The maximum absolute atomic E-state index is 12.1. The second kappa shape index (κ2) is 4.83. The number of likely N-dealkylation sites (tertiary alicyclic amines) is 1. The first-order chi connectivity index (χ1) is 7.58. The van der Waals surface area contributed by atoms with Crippen LogP contribution in [0.1, 0.15) is 23.7 Å². The second-order valence-corrected chi connectivity index (χ2v) is 6.81. The summed E-state index contributed by atoms with van der Waals surface area (Å²) in [6.45, 7) is 3.01. The van der Waals surface area contributed by atoms with Crippen LogP contribution in [0.2, 0.25) is 0 Å². The van der Waals surface area contributed by atoms with E-state index < -0.39 is 0 Å². The van der Waals surface area contributed by atoms with E-state index in [1.54, 1.807) is 16.2 Å². The van der Waals surface area contributed by atoms with Crippen molar-refractivity contribution in [2.45, 2.75) is 13.3 Å². The van der Waals surface area contributed by atoms with Gasteiger partial charge in [-0.3, -0.25) is 9.59 Å². The highest BCUT2D eigenvalue weighted by molar-refractivity contribution is 14.1. The fourth-order valence-corrected chi connectivity index (χ4v) is 3.12. The Bertz CT molecular complexity index is 429. The lowest BCUT2D eigenvalue weighted by atomic mass is 9.98. The summed E-state index contributed by atoms with van der Waals surface area (Å²) in [6.07, 6.45) is 0.494. The molecule has 0 spiro atoms. The number of ketones is 1. The number of carbonyl (C=O) groups excluding carboxylic acids is 2. The van der Waals surface area contributed by atoms with Crippen molar-refractivity contribution in [3.8, 4) is 0 Å². The SMILES string of the molecule is CC1CN(C(=O)c2csc(I)c2)CCC1=O. The summed E-state index contributed by atoms with van der Waals surface area (Å²) < 4.78 is 1.11. The van der Waals surface area contributed by atoms with Crippen LogP contribution >= 0.6 is 33.9 Å². The van der Waals surface area contributed by atoms with Crippen molar-refractivity contribution in [3.63, 3.8) is 0 Å². The van der Waals surface area contributed by atoms with E-state index in [4.69, 9.17) is 0 Å². The van der Waals surface area contributed by atoms with E-state index in [9.17, 15) is 9.59 Å².